The topological polar surface area (TPSA) is 65.5 Å². The van der Waals surface area contributed by atoms with E-state index >= 15 is 0 Å². The molecule has 1 aromatic heterocycles. The molecule has 1 aromatic carbocycles. The average molecular weight is 366 g/mol. The van der Waals surface area contributed by atoms with Crippen LogP contribution in [-0.2, 0) is 0 Å². The molecule has 1 aliphatic heterocycles. The van der Waals surface area contributed by atoms with Crippen molar-refractivity contribution >= 4 is 22.8 Å². The maximum Gasteiger partial charge on any atom is 0.317 e. The smallest absolute Gasteiger partial charge is 0.317 e. The first-order valence-electron chi connectivity index (χ1n) is 9.91. The zero-order valence-corrected chi connectivity index (χ0v) is 15.6. The first-order valence-corrected chi connectivity index (χ1v) is 9.91. The van der Waals surface area contributed by atoms with Gasteiger partial charge in [-0.1, -0.05) is 31.4 Å². The normalized spacial score (nSPS) is 18.5. The zero-order chi connectivity index (χ0) is 18.6. The highest BCUT2D eigenvalue weighted by atomic mass is 16.2. The molecule has 3 amide bonds. The van der Waals surface area contributed by atoms with Crippen LogP contribution < -0.4 is 5.32 Å². The molecule has 4 rings (SSSR count). The Morgan fingerprint density at radius 1 is 0.926 bits per heavy atom. The van der Waals surface area contributed by atoms with Gasteiger partial charge in [0.1, 0.15) is 0 Å². The summed E-state index contributed by atoms with van der Waals surface area (Å²) in [5, 5.41) is 4.04. The van der Waals surface area contributed by atoms with Crippen molar-refractivity contribution in [3.05, 3.63) is 42.1 Å². The number of nitrogens with one attached hydrogen (secondary N) is 1. The Morgan fingerprint density at radius 2 is 1.67 bits per heavy atom. The molecule has 0 atom stereocenters. The molecule has 1 N–H and O–H groups in total. The van der Waals surface area contributed by atoms with E-state index in [2.05, 4.69) is 10.3 Å². The number of pyridine rings is 1. The Kier molecular flexibility index (Phi) is 5.23. The Hall–Kier alpha value is -2.63. The summed E-state index contributed by atoms with van der Waals surface area (Å²) >= 11 is 0. The summed E-state index contributed by atoms with van der Waals surface area (Å²) in [6.45, 7) is 2.28. The second kappa shape index (κ2) is 7.94. The Morgan fingerprint density at radius 3 is 2.44 bits per heavy atom. The van der Waals surface area contributed by atoms with Crippen molar-refractivity contribution < 1.29 is 9.59 Å². The lowest BCUT2D eigenvalue weighted by Gasteiger charge is -2.36. The predicted octanol–water partition coefficient (Wildman–Crippen LogP) is 3.03. The molecule has 6 heteroatoms. The molecule has 0 spiro atoms. The molecule has 1 saturated carbocycles. The fourth-order valence-corrected chi connectivity index (χ4v) is 4.09. The van der Waals surface area contributed by atoms with Crippen LogP contribution in [0.3, 0.4) is 0 Å². The first-order chi connectivity index (χ1) is 13.2. The van der Waals surface area contributed by atoms with E-state index in [1.807, 2.05) is 40.1 Å². The minimum Gasteiger partial charge on any atom is -0.335 e. The van der Waals surface area contributed by atoms with Crippen molar-refractivity contribution in [2.75, 3.05) is 26.2 Å². The second-order valence-electron chi connectivity index (χ2n) is 7.44. The van der Waals surface area contributed by atoms with Gasteiger partial charge in [-0.25, -0.2) is 4.79 Å². The summed E-state index contributed by atoms with van der Waals surface area (Å²) < 4.78 is 0. The molecule has 0 unspecified atom stereocenters. The van der Waals surface area contributed by atoms with Gasteiger partial charge in [-0.15, -0.1) is 0 Å². The van der Waals surface area contributed by atoms with Crippen LogP contribution in [0.1, 0.15) is 42.5 Å². The average Bonchev–Trinajstić information content (AvgIpc) is 2.73. The fourth-order valence-electron chi connectivity index (χ4n) is 4.09. The minimum absolute atomic E-state index is 0.0148. The third kappa shape index (κ3) is 3.89. The van der Waals surface area contributed by atoms with Crippen LogP contribution in [0.2, 0.25) is 0 Å². The zero-order valence-electron chi connectivity index (χ0n) is 15.6. The SMILES string of the molecule is O=C(NC1CCCCC1)N1CCN(C(=O)c2cccc3ncccc23)CC1. The quantitative estimate of drug-likeness (QED) is 0.888. The number of aromatic nitrogens is 1. The van der Waals surface area contributed by atoms with E-state index in [-0.39, 0.29) is 11.9 Å². The van der Waals surface area contributed by atoms with Gasteiger partial charge < -0.3 is 15.1 Å². The number of urea groups is 1. The van der Waals surface area contributed by atoms with Gasteiger partial charge in [0.2, 0.25) is 0 Å². The van der Waals surface area contributed by atoms with Gasteiger partial charge in [0, 0.05) is 49.4 Å². The number of hydrogen-bond donors (Lipinski definition) is 1. The number of piperazine rings is 1. The molecule has 6 nitrogen and oxygen atoms in total. The van der Waals surface area contributed by atoms with Crippen molar-refractivity contribution in [3.63, 3.8) is 0 Å². The Bertz CT molecular complexity index is 819. The number of carbonyl (C=O) groups is 2. The molecule has 1 aliphatic carbocycles. The number of rotatable bonds is 2. The lowest BCUT2D eigenvalue weighted by Crippen LogP contribution is -2.54. The molecule has 2 aromatic rings. The van der Waals surface area contributed by atoms with Gasteiger partial charge in [0.15, 0.2) is 0 Å². The molecule has 1 saturated heterocycles. The summed E-state index contributed by atoms with van der Waals surface area (Å²) in [7, 11) is 0. The van der Waals surface area contributed by atoms with Gasteiger partial charge in [0.05, 0.1) is 5.52 Å². The van der Waals surface area contributed by atoms with Gasteiger partial charge in [-0.05, 0) is 31.0 Å². The van der Waals surface area contributed by atoms with Crippen LogP contribution in [-0.4, -0.2) is 58.9 Å². The van der Waals surface area contributed by atoms with Crippen molar-refractivity contribution in [1.82, 2.24) is 20.1 Å². The summed E-state index contributed by atoms with van der Waals surface area (Å²) in [6.07, 6.45) is 7.58. The van der Waals surface area contributed by atoms with Gasteiger partial charge in [-0.2, -0.15) is 0 Å². The second-order valence-corrected chi connectivity index (χ2v) is 7.44. The van der Waals surface area contributed by atoms with E-state index in [0.717, 1.165) is 23.7 Å². The monoisotopic (exact) mass is 366 g/mol. The van der Waals surface area contributed by atoms with Gasteiger partial charge in [-0.3, -0.25) is 9.78 Å². The highest BCUT2D eigenvalue weighted by Gasteiger charge is 2.27. The molecule has 2 fully saturated rings. The van der Waals surface area contributed by atoms with Crippen molar-refractivity contribution in [1.29, 1.82) is 0 Å². The largest absolute Gasteiger partial charge is 0.335 e. The van der Waals surface area contributed by atoms with E-state index < -0.39 is 0 Å². The van der Waals surface area contributed by atoms with Crippen LogP contribution >= 0.6 is 0 Å². The molecule has 142 valence electrons. The lowest BCUT2D eigenvalue weighted by molar-refractivity contribution is 0.0664. The lowest BCUT2D eigenvalue weighted by atomic mass is 9.96. The number of nitrogens with zero attached hydrogens (tertiary/aromatic N) is 3. The maximum atomic E-state index is 13.0. The number of benzene rings is 1. The molecule has 0 bridgehead atoms. The summed E-state index contributed by atoms with van der Waals surface area (Å²) in [5.74, 6) is 0.0148. The van der Waals surface area contributed by atoms with Crippen LogP contribution in [0.15, 0.2) is 36.5 Å². The predicted molar refractivity (Wildman–Crippen MR) is 105 cm³/mol. The summed E-state index contributed by atoms with van der Waals surface area (Å²) in [4.78, 5) is 33.5. The van der Waals surface area contributed by atoms with Crippen molar-refractivity contribution in [3.8, 4) is 0 Å². The van der Waals surface area contributed by atoms with Crippen LogP contribution in [0, 0.1) is 0 Å². The number of carbonyl (C=O) groups excluding carboxylic acids is 2. The van der Waals surface area contributed by atoms with Crippen LogP contribution in [0.4, 0.5) is 4.79 Å². The third-order valence-electron chi connectivity index (χ3n) is 5.66. The fraction of sp³-hybridized carbons (Fsp3) is 0.476. The van der Waals surface area contributed by atoms with E-state index in [9.17, 15) is 9.59 Å². The molecule has 2 heterocycles. The van der Waals surface area contributed by atoms with Crippen molar-refractivity contribution in [2.24, 2.45) is 0 Å². The van der Waals surface area contributed by atoms with Crippen LogP contribution in [0.5, 0.6) is 0 Å². The number of amides is 3. The van der Waals surface area contributed by atoms with E-state index in [1.54, 1.807) is 6.20 Å². The molecule has 2 aliphatic rings. The highest BCUT2D eigenvalue weighted by molar-refractivity contribution is 6.06. The van der Waals surface area contributed by atoms with Crippen LogP contribution in [0.25, 0.3) is 10.9 Å². The molecular weight excluding hydrogens is 340 g/mol. The maximum absolute atomic E-state index is 13.0. The first kappa shape index (κ1) is 17.8. The summed E-state index contributed by atoms with van der Waals surface area (Å²) in [6, 6.07) is 9.76. The third-order valence-corrected chi connectivity index (χ3v) is 5.66. The molecule has 27 heavy (non-hydrogen) atoms. The van der Waals surface area contributed by atoms with E-state index in [1.165, 1.54) is 19.3 Å². The standard InChI is InChI=1S/C21H26N4O2/c26-20(18-8-4-10-19-17(18)9-5-11-22-19)24-12-14-25(15-13-24)21(27)23-16-6-2-1-3-7-16/h4-5,8-11,16H,1-3,6-7,12-15H2,(H,23,27). The van der Waals surface area contributed by atoms with E-state index in [4.69, 9.17) is 0 Å². The summed E-state index contributed by atoms with van der Waals surface area (Å²) in [5.41, 5.74) is 1.51. The molecule has 0 radical (unpaired) electrons. The van der Waals surface area contributed by atoms with Crippen molar-refractivity contribution in [2.45, 2.75) is 38.1 Å². The van der Waals surface area contributed by atoms with E-state index in [0.29, 0.717) is 37.8 Å². The number of hydrogen-bond acceptors (Lipinski definition) is 3. The Balaban J connectivity index is 1.37. The molecular formula is C21H26N4O2. The van der Waals surface area contributed by atoms with Gasteiger partial charge >= 0.3 is 6.03 Å². The number of fused-ring (bicyclic) bond motifs is 1. The van der Waals surface area contributed by atoms with Gasteiger partial charge in [0.25, 0.3) is 5.91 Å². The Labute approximate surface area is 159 Å². The minimum atomic E-state index is 0.0148. The highest BCUT2D eigenvalue weighted by Crippen LogP contribution is 2.20.